The van der Waals surface area contributed by atoms with Gasteiger partial charge in [-0.15, -0.1) is 5.10 Å². The Morgan fingerprint density at radius 2 is 1.19 bits per heavy atom. The summed E-state index contributed by atoms with van der Waals surface area (Å²) in [5.41, 5.74) is 8.79. The molecule has 7 rings (SSSR count). The van der Waals surface area contributed by atoms with Gasteiger partial charge in [-0.2, -0.15) is 0 Å². The van der Waals surface area contributed by atoms with Crippen molar-refractivity contribution in [3.63, 3.8) is 0 Å². The van der Waals surface area contributed by atoms with Crippen molar-refractivity contribution in [3.8, 4) is 39.4 Å². The van der Waals surface area contributed by atoms with Gasteiger partial charge in [0, 0.05) is 22.4 Å². The van der Waals surface area contributed by atoms with Gasteiger partial charge in [0.15, 0.2) is 5.82 Å². The second-order valence-corrected chi connectivity index (χ2v) is 11.7. The molecule has 0 spiro atoms. The average molecular weight is 630 g/mol. The summed E-state index contributed by atoms with van der Waals surface area (Å²) in [7, 11) is 1.64. The topological polar surface area (TPSA) is 85.9 Å². The first kappa shape index (κ1) is 30.7. The summed E-state index contributed by atoms with van der Waals surface area (Å²) in [6, 6.07) is 47.6. The van der Waals surface area contributed by atoms with Gasteiger partial charge >= 0.3 is 0 Å². The van der Waals surface area contributed by atoms with Crippen LogP contribution in [-0.4, -0.2) is 37.4 Å². The molecule has 0 aliphatic carbocycles. The highest BCUT2D eigenvalue weighted by molar-refractivity contribution is 5.87. The Morgan fingerprint density at radius 1 is 0.646 bits per heavy atom. The number of nitrogens with zero attached hydrogens (tertiary/aromatic N) is 5. The summed E-state index contributed by atoms with van der Waals surface area (Å²) in [5, 5.41) is 24.5. The lowest BCUT2D eigenvalue weighted by Gasteiger charge is -2.36. The Hall–Kier alpha value is -5.92. The maximum absolute atomic E-state index is 10.6. The van der Waals surface area contributed by atoms with E-state index in [1.54, 1.807) is 7.11 Å². The molecule has 2 aromatic heterocycles. The Kier molecular flexibility index (Phi) is 8.36. The molecule has 7 aromatic rings. The second kappa shape index (κ2) is 13.1. The smallest absolute Gasteiger partial charge is 0.184 e. The molecular weight excluding hydrogens is 594 g/mol. The number of hydrogen-bond acceptors (Lipinski definition) is 6. The van der Waals surface area contributed by atoms with Crippen LogP contribution in [0.25, 0.3) is 33.6 Å². The normalized spacial score (nSPS) is 11.4. The first-order valence-corrected chi connectivity index (χ1v) is 15.9. The van der Waals surface area contributed by atoms with E-state index in [4.69, 9.17) is 15.0 Å². The van der Waals surface area contributed by atoms with Gasteiger partial charge in [-0.05, 0) is 63.7 Å². The van der Waals surface area contributed by atoms with Crippen LogP contribution >= 0.6 is 0 Å². The quantitative estimate of drug-likeness (QED) is 0.163. The molecule has 0 fully saturated rings. The number of pyridine rings is 1. The Bertz CT molecular complexity index is 2040. The van der Waals surface area contributed by atoms with E-state index in [9.17, 15) is 5.11 Å². The van der Waals surface area contributed by atoms with Crippen molar-refractivity contribution in [1.82, 2.24) is 25.2 Å². The van der Waals surface area contributed by atoms with E-state index < -0.39 is 5.54 Å². The van der Waals surface area contributed by atoms with Gasteiger partial charge in [-0.1, -0.05) is 133 Å². The molecule has 48 heavy (non-hydrogen) atoms. The molecule has 0 unspecified atom stereocenters. The fourth-order valence-corrected chi connectivity index (χ4v) is 6.86. The molecule has 0 radical (unpaired) electrons. The van der Waals surface area contributed by atoms with E-state index >= 15 is 0 Å². The lowest BCUT2D eigenvalue weighted by Crippen LogP contribution is -2.39. The molecule has 7 nitrogen and oxygen atoms in total. The molecule has 1 N–H and O–H groups in total. The summed E-state index contributed by atoms with van der Waals surface area (Å²) in [4.78, 5) is 4.66. The monoisotopic (exact) mass is 629 g/mol. The number of methoxy groups -OCH3 is 1. The van der Waals surface area contributed by atoms with E-state index in [-0.39, 0.29) is 6.61 Å². The van der Waals surface area contributed by atoms with E-state index in [1.165, 1.54) is 0 Å². The molecule has 7 heteroatoms. The minimum absolute atomic E-state index is 0.183. The first-order valence-electron chi connectivity index (χ1n) is 15.9. The van der Waals surface area contributed by atoms with Crippen LogP contribution in [0.2, 0.25) is 0 Å². The summed E-state index contributed by atoms with van der Waals surface area (Å²) in [6.45, 7) is 3.65. The van der Waals surface area contributed by atoms with E-state index in [1.807, 2.05) is 91.3 Å². The van der Waals surface area contributed by atoms with Gasteiger partial charge in [0.05, 0.1) is 19.4 Å². The third-order valence-electron chi connectivity index (χ3n) is 8.99. The maximum Gasteiger partial charge on any atom is 0.184 e. The molecule has 0 atom stereocenters. The minimum atomic E-state index is -0.926. The highest BCUT2D eigenvalue weighted by Gasteiger charge is 2.42. The van der Waals surface area contributed by atoms with Crippen LogP contribution in [0.3, 0.4) is 0 Å². The highest BCUT2D eigenvalue weighted by atomic mass is 16.5. The van der Waals surface area contributed by atoms with Crippen molar-refractivity contribution >= 4 is 0 Å². The number of tetrazole rings is 1. The fourth-order valence-electron chi connectivity index (χ4n) is 6.86. The van der Waals surface area contributed by atoms with Crippen molar-refractivity contribution in [2.75, 3.05) is 7.11 Å². The first-order chi connectivity index (χ1) is 23.6. The number of aryl methyl sites for hydroxylation is 2. The number of aliphatic hydroxyl groups excluding tert-OH is 1. The second-order valence-electron chi connectivity index (χ2n) is 11.7. The zero-order valence-corrected chi connectivity index (χ0v) is 27.1. The minimum Gasteiger partial charge on any atom is -0.494 e. The predicted molar refractivity (Wildman–Crippen MR) is 188 cm³/mol. The predicted octanol–water partition coefficient (Wildman–Crippen LogP) is 8.03. The van der Waals surface area contributed by atoms with Crippen LogP contribution in [0, 0.1) is 13.8 Å². The molecule has 236 valence electrons. The van der Waals surface area contributed by atoms with Crippen LogP contribution in [0.5, 0.6) is 5.75 Å². The lowest BCUT2D eigenvalue weighted by atomic mass is 9.76. The SMILES string of the molecule is COc1c(C)nc(C)c(CO)c1-c1ccc(-c2ccccc2)c(-c2nnnn2C(c2ccccc2)(c2ccccc2)c2ccccc2)c1. The zero-order chi connectivity index (χ0) is 33.1. The number of ether oxygens (including phenoxy) is 1. The molecule has 5 aromatic carbocycles. The molecule has 0 saturated carbocycles. The highest BCUT2D eigenvalue weighted by Crippen LogP contribution is 2.45. The number of aromatic nitrogens is 5. The summed E-state index contributed by atoms with van der Waals surface area (Å²) >= 11 is 0. The van der Waals surface area contributed by atoms with Crippen molar-refractivity contribution in [3.05, 3.63) is 173 Å². The number of rotatable bonds is 9. The summed E-state index contributed by atoms with van der Waals surface area (Å²) in [5.74, 6) is 1.20. The van der Waals surface area contributed by atoms with Crippen LogP contribution < -0.4 is 4.74 Å². The van der Waals surface area contributed by atoms with Crippen molar-refractivity contribution in [1.29, 1.82) is 0 Å². The van der Waals surface area contributed by atoms with E-state index in [2.05, 4.69) is 76.9 Å². The number of hydrogen-bond donors (Lipinski definition) is 1. The molecule has 2 heterocycles. The maximum atomic E-state index is 10.6. The number of aliphatic hydroxyl groups is 1. The van der Waals surface area contributed by atoms with Crippen LogP contribution in [-0.2, 0) is 12.1 Å². The van der Waals surface area contributed by atoms with Crippen LogP contribution in [0.1, 0.15) is 33.6 Å². The Labute approximate surface area is 280 Å². The van der Waals surface area contributed by atoms with Gasteiger partial charge < -0.3 is 9.84 Å². The standard InChI is InChI=1S/C41H35N5O2/c1-28-37(27-47)38(39(48-3)29(2)42-28)31-24-25-35(30-16-8-4-9-17-30)36(26-31)40-43-44-45-46(40)41(32-18-10-5-11-19-32,33-20-12-6-13-21-33)34-22-14-7-15-23-34/h4-26,47H,27H2,1-3H3. The summed E-state index contributed by atoms with van der Waals surface area (Å²) in [6.07, 6.45) is 0. The molecular formula is C41H35N5O2. The largest absolute Gasteiger partial charge is 0.494 e. The summed E-state index contributed by atoms with van der Waals surface area (Å²) < 4.78 is 7.86. The van der Waals surface area contributed by atoms with Crippen molar-refractivity contribution in [2.24, 2.45) is 0 Å². The zero-order valence-electron chi connectivity index (χ0n) is 27.1. The Balaban J connectivity index is 1.59. The average Bonchev–Trinajstić information content (AvgIpc) is 3.63. The van der Waals surface area contributed by atoms with Gasteiger partial charge in [0.25, 0.3) is 0 Å². The van der Waals surface area contributed by atoms with Crippen LogP contribution in [0.4, 0.5) is 0 Å². The number of benzene rings is 5. The van der Waals surface area contributed by atoms with Crippen molar-refractivity contribution < 1.29 is 9.84 Å². The molecule has 0 amide bonds. The van der Waals surface area contributed by atoms with Crippen molar-refractivity contribution in [2.45, 2.75) is 26.0 Å². The van der Waals surface area contributed by atoms with Gasteiger partial charge in [-0.3, -0.25) is 4.98 Å². The molecule has 0 aliphatic heterocycles. The molecule has 0 aliphatic rings. The third kappa shape index (κ3) is 5.14. The van der Waals surface area contributed by atoms with Gasteiger partial charge in [0.1, 0.15) is 11.3 Å². The fraction of sp³-hybridized carbons (Fsp3) is 0.122. The van der Waals surface area contributed by atoms with Crippen LogP contribution in [0.15, 0.2) is 140 Å². The van der Waals surface area contributed by atoms with E-state index in [0.717, 1.165) is 55.9 Å². The van der Waals surface area contributed by atoms with E-state index in [0.29, 0.717) is 17.1 Å². The molecule has 0 bridgehead atoms. The van der Waals surface area contributed by atoms with Gasteiger partial charge in [-0.25, -0.2) is 4.68 Å². The molecule has 0 saturated heterocycles. The third-order valence-corrected chi connectivity index (χ3v) is 8.99. The van der Waals surface area contributed by atoms with Gasteiger partial charge in [0.2, 0.25) is 0 Å². The Morgan fingerprint density at radius 3 is 1.71 bits per heavy atom. The lowest BCUT2D eigenvalue weighted by molar-refractivity contribution is 0.280.